The third-order valence-electron chi connectivity index (χ3n) is 13.3. The highest BCUT2D eigenvalue weighted by molar-refractivity contribution is 5.69. The fraction of sp³-hybridized carbons (Fsp3) is 0.965. The summed E-state index contributed by atoms with van der Waals surface area (Å²) in [5.74, 6) is -0.0322. The second-order valence-electron chi connectivity index (χ2n) is 20.2. The fourth-order valence-electron chi connectivity index (χ4n) is 9.19. The zero-order valence-corrected chi connectivity index (χ0v) is 43.9. The minimum absolute atomic E-state index is 0.0161. The molecule has 0 bridgehead atoms. The molecule has 0 aliphatic carbocycles. The number of rotatable bonds is 52. The third kappa shape index (κ3) is 47.2. The summed E-state index contributed by atoms with van der Waals surface area (Å²) in [5, 5.41) is 0. The van der Waals surface area contributed by atoms with Gasteiger partial charge in [0.05, 0.1) is 0 Å². The largest absolute Gasteiger partial charge is 0.461 e. The molecule has 0 N–H and O–H groups in total. The molecule has 0 aliphatic heterocycles. The quantitative estimate of drug-likeness (QED) is 0.0448. The highest BCUT2D eigenvalue weighted by Crippen LogP contribution is 2.20. The molecule has 376 valence electrons. The molecule has 0 aromatic rings. The molecule has 0 spiro atoms. The number of carbonyl (C=O) groups is 2. The highest BCUT2D eigenvalue weighted by atomic mass is 16.5. The van der Waals surface area contributed by atoms with Crippen LogP contribution in [0, 0.1) is 0 Å². The molecule has 0 aromatic heterocycles. The van der Waals surface area contributed by atoms with Crippen LogP contribution in [-0.4, -0.2) is 74.2 Å². The number of ether oxygens (including phenoxy) is 2. The van der Waals surface area contributed by atoms with E-state index in [2.05, 4.69) is 51.6 Å². The van der Waals surface area contributed by atoms with Crippen LogP contribution in [0.5, 0.6) is 0 Å². The lowest BCUT2D eigenvalue weighted by Crippen LogP contribution is -2.42. The lowest BCUT2D eigenvalue weighted by Gasteiger charge is -2.31. The Hall–Kier alpha value is -1.14. The summed E-state index contributed by atoms with van der Waals surface area (Å²) in [4.78, 5) is 31.6. The zero-order chi connectivity index (χ0) is 46.1. The molecule has 0 saturated carbocycles. The minimum atomic E-state index is -0.111. The summed E-state index contributed by atoms with van der Waals surface area (Å²) >= 11 is 0. The van der Waals surface area contributed by atoms with Crippen LogP contribution < -0.4 is 0 Å². The predicted octanol–water partition coefficient (Wildman–Crippen LogP) is 17.5. The second-order valence-corrected chi connectivity index (χ2v) is 20.2. The Bertz CT molecular complexity index is 862. The van der Waals surface area contributed by atoms with Gasteiger partial charge in [0, 0.05) is 25.9 Å². The average Bonchev–Trinajstić information content (AvgIpc) is 3.26. The maximum absolute atomic E-state index is 13.4. The molecule has 2 atom stereocenters. The van der Waals surface area contributed by atoms with Gasteiger partial charge >= 0.3 is 11.9 Å². The van der Waals surface area contributed by atoms with Crippen molar-refractivity contribution in [1.29, 1.82) is 0 Å². The number of carbonyl (C=O) groups excluding carboxylic acids is 2. The van der Waals surface area contributed by atoms with Gasteiger partial charge in [-0.25, -0.2) is 0 Å². The molecule has 6 nitrogen and oxygen atoms in total. The molecule has 0 aromatic carbocycles. The van der Waals surface area contributed by atoms with Crippen molar-refractivity contribution in [1.82, 2.24) is 9.80 Å². The molecular weight excluding hydrogens is 777 g/mol. The van der Waals surface area contributed by atoms with E-state index in [-0.39, 0.29) is 24.1 Å². The van der Waals surface area contributed by atoms with E-state index in [1.165, 1.54) is 205 Å². The van der Waals surface area contributed by atoms with Crippen molar-refractivity contribution in [3.8, 4) is 0 Å². The molecule has 0 amide bonds. The van der Waals surface area contributed by atoms with Crippen LogP contribution in [0.25, 0.3) is 0 Å². The van der Waals surface area contributed by atoms with Crippen molar-refractivity contribution in [2.45, 2.75) is 316 Å². The van der Waals surface area contributed by atoms with Gasteiger partial charge in [0.1, 0.15) is 12.2 Å². The number of nitrogens with zero attached hydrogens (tertiary/aromatic N) is 2. The van der Waals surface area contributed by atoms with Crippen LogP contribution in [0.3, 0.4) is 0 Å². The summed E-state index contributed by atoms with van der Waals surface area (Å²) in [6.45, 7) is 12.5. The molecule has 0 saturated heterocycles. The first-order valence-electron chi connectivity index (χ1n) is 28.6. The lowest BCUT2D eigenvalue weighted by atomic mass is 10.0. The van der Waals surface area contributed by atoms with Crippen molar-refractivity contribution in [2.75, 3.05) is 40.3 Å². The number of hydrogen-bond donors (Lipinski definition) is 0. The Kier molecular flexibility index (Phi) is 49.4. The van der Waals surface area contributed by atoms with Gasteiger partial charge in [-0.05, 0) is 72.1 Å². The van der Waals surface area contributed by atoms with E-state index in [1.54, 1.807) is 0 Å². The van der Waals surface area contributed by atoms with Crippen molar-refractivity contribution in [2.24, 2.45) is 0 Å². The second kappa shape index (κ2) is 50.3. The van der Waals surface area contributed by atoms with Gasteiger partial charge in [-0.3, -0.25) is 14.5 Å². The topological polar surface area (TPSA) is 59.1 Å². The summed E-state index contributed by atoms with van der Waals surface area (Å²) in [5.41, 5.74) is 0. The van der Waals surface area contributed by atoms with E-state index in [9.17, 15) is 9.59 Å². The Balaban J connectivity index is 5.49. The SMILES string of the molecule is CCCCCCCCCCCCCC(=O)OC(CCCCCCCCCC)CN(CCCN(C)C)CC(CCCCCCCCCC)OC(=O)CCCCCCCCCCCCC. The molecule has 2 unspecified atom stereocenters. The molecule has 0 rings (SSSR count). The molecule has 6 heteroatoms. The standard InChI is InChI=1S/C57H114N2O4/c1-7-11-15-19-23-27-29-31-35-39-43-48-56(60)62-54(46-41-37-33-25-21-17-13-9-3)52-59(51-45-50-58(5)6)53-55(47-42-38-34-26-22-18-14-10-4)63-57(61)49-44-40-36-32-30-28-24-20-16-12-8-2/h54-55H,7-53H2,1-6H3. The van der Waals surface area contributed by atoms with E-state index < -0.39 is 0 Å². The van der Waals surface area contributed by atoms with Gasteiger partial charge in [-0.2, -0.15) is 0 Å². The third-order valence-corrected chi connectivity index (χ3v) is 13.3. The van der Waals surface area contributed by atoms with Crippen LogP contribution in [0.15, 0.2) is 0 Å². The molecular formula is C57H114N2O4. The Labute approximate surface area is 395 Å². The maximum Gasteiger partial charge on any atom is 0.306 e. The van der Waals surface area contributed by atoms with Gasteiger partial charge in [-0.1, -0.05) is 246 Å². The van der Waals surface area contributed by atoms with E-state index in [4.69, 9.17) is 9.47 Å². The van der Waals surface area contributed by atoms with Gasteiger partial charge in [0.25, 0.3) is 0 Å². The maximum atomic E-state index is 13.4. The monoisotopic (exact) mass is 891 g/mol. The fourth-order valence-corrected chi connectivity index (χ4v) is 9.19. The summed E-state index contributed by atoms with van der Waals surface area (Å²) < 4.78 is 12.8. The van der Waals surface area contributed by atoms with Gasteiger partial charge in [0.15, 0.2) is 0 Å². The average molecular weight is 892 g/mol. The number of esters is 2. The predicted molar refractivity (Wildman–Crippen MR) is 276 cm³/mol. The van der Waals surface area contributed by atoms with Crippen LogP contribution in [0.1, 0.15) is 304 Å². The van der Waals surface area contributed by atoms with E-state index in [0.717, 1.165) is 84.0 Å². The summed E-state index contributed by atoms with van der Waals surface area (Å²) in [6, 6.07) is 0. The number of hydrogen-bond acceptors (Lipinski definition) is 6. The molecule has 0 fully saturated rings. The Morgan fingerprint density at radius 2 is 0.587 bits per heavy atom. The van der Waals surface area contributed by atoms with Gasteiger partial charge < -0.3 is 14.4 Å². The van der Waals surface area contributed by atoms with Gasteiger partial charge in [0.2, 0.25) is 0 Å². The van der Waals surface area contributed by atoms with Crippen LogP contribution in [-0.2, 0) is 19.1 Å². The minimum Gasteiger partial charge on any atom is -0.461 e. The van der Waals surface area contributed by atoms with E-state index in [1.807, 2.05) is 0 Å². The first kappa shape index (κ1) is 61.9. The molecule has 0 heterocycles. The zero-order valence-electron chi connectivity index (χ0n) is 43.9. The van der Waals surface area contributed by atoms with Crippen LogP contribution >= 0.6 is 0 Å². The van der Waals surface area contributed by atoms with Crippen LogP contribution in [0.2, 0.25) is 0 Å². The Morgan fingerprint density at radius 3 is 0.857 bits per heavy atom. The number of unbranched alkanes of at least 4 members (excludes halogenated alkanes) is 34. The molecule has 63 heavy (non-hydrogen) atoms. The van der Waals surface area contributed by atoms with E-state index >= 15 is 0 Å². The van der Waals surface area contributed by atoms with Crippen molar-refractivity contribution >= 4 is 11.9 Å². The summed E-state index contributed by atoms with van der Waals surface area (Å²) in [6.07, 6.45) is 52.3. The molecule has 0 aliphatic rings. The highest BCUT2D eigenvalue weighted by Gasteiger charge is 2.23. The van der Waals surface area contributed by atoms with Gasteiger partial charge in [-0.15, -0.1) is 0 Å². The van der Waals surface area contributed by atoms with E-state index in [0.29, 0.717) is 12.8 Å². The van der Waals surface area contributed by atoms with Crippen molar-refractivity contribution in [3.05, 3.63) is 0 Å². The van der Waals surface area contributed by atoms with Crippen molar-refractivity contribution in [3.63, 3.8) is 0 Å². The van der Waals surface area contributed by atoms with Crippen molar-refractivity contribution < 1.29 is 19.1 Å². The molecule has 0 radical (unpaired) electrons. The Morgan fingerprint density at radius 1 is 0.333 bits per heavy atom. The normalized spacial score (nSPS) is 12.7. The first-order chi connectivity index (χ1) is 30.9. The first-order valence-corrected chi connectivity index (χ1v) is 28.6. The lowest BCUT2D eigenvalue weighted by molar-refractivity contribution is -0.152. The summed E-state index contributed by atoms with van der Waals surface area (Å²) in [7, 11) is 4.29. The smallest absolute Gasteiger partial charge is 0.306 e. The van der Waals surface area contributed by atoms with Crippen LogP contribution in [0.4, 0.5) is 0 Å².